The van der Waals surface area contributed by atoms with Crippen molar-refractivity contribution in [3.05, 3.63) is 34.0 Å². The Morgan fingerprint density at radius 3 is 2.93 bits per heavy atom. The van der Waals surface area contributed by atoms with Crippen molar-refractivity contribution in [2.45, 2.75) is 0 Å². The first kappa shape index (κ1) is 8.36. The monoisotopic (exact) mass is 192 g/mol. The van der Waals surface area contributed by atoms with Crippen molar-refractivity contribution in [3.8, 4) is 0 Å². The Balaban J connectivity index is 2.68. The summed E-state index contributed by atoms with van der Waals surface area (Å²) in [7, 11) is 0. The van der Waals surface area contributed by atoms with Crippen molar-refractivity contribution in [2.75, 3.05) is 0 Å². The van der Waals surface area contributed by atoms with Gasteiger partial charge in [0.1, 0.15) is 0 Å². The Morgan fingerprint density at radius 1 is 1.50 bits per heavy atom. The highest BCUT2D eigenvalue weighted by atomic mass is 16.6. The molecule has 0 atom stereocenters. The molecule has 0 amide bonds. The number of hydrogen-bond acceptors (Lipinski definition) is 5. The van der Waals surface area contributed by atoms with E-state index in [2.05, 4.69) is 5.16 Å². The standard InChI is InChI=1S/C8H4N2O4/c11-4-7-6-2-1-5(10(12)13)3-8(6)14-9-7/h1-4H. The zero-order valence-electron chi connectivity index (χ0n) is 6.84. The number of benzene rings is 1. The molecule has 0 saturated carbocycles. The molecule has 70 valence electrons. The van der Waals surface area contributed by atoms with Crippen LogP contribution in [0.5, 0.6) is 0 Å². The lowest BCUT2D eigenvalue weighted by atomic mass is 10.2. The van der Waals surface area contributed by atoms with Gasteiger partial charge in [-0.25, -0.2) is 0 Å². The summed E-state index contributed by atoms with van der Waals surface area (Å²) in [6, 6.07) is 3.97. The van der Waals surface area contributed by atoms with Crippen LogP contribution in [-0.4, -0.2) is 16.4 Å². The first-order valence-corrected chi connectivity index (χ1v) is 3.71. The highest BCUT2D eigenvalue weighted by Gasteiger charge is 2.12. The number of non-ortho nitro benzene ring substituents is 1. The summed E-state index contributed by atoms with van der Waals surface area (Å²) in [4.78, 5) is 20.3. The van der Waals surface area contributed by atoms with Gasteiger partial charge in [-0.3, -0.25) is 14.9 Å². The lowest BCUT2D eigenvalue weighted by Crippen LogP contribution is -1.86. The third-order valence-electron chi connectivity index (χ3n) is 1.81. The molecule has 0 unspecified atom stereocenters. The van der Waals surface area contributed by atoms with Crippen LogP contribution in [0.25, 0.3) is 11.0 Å². The number of carbonyl (C=O) groups is 1. The maximum Gasteiger partial charge on any atom is 0.273 e. The fourth-order valence-electron chi connectivity index (χ4n) is 1.14. The molecule has 14 heavy (non-hydrogen) atoms. The van der Waals surface area contributed by atoms with Crippen molar-refractivity contribution in [1.29, 1.82) is 0 Å². The molecule has 6 heteroatoms. The zero-order valence-corrected chi connectivity index (χ0v) is 6.84. The van der Waals surface area contributed by atoms with Crippen LogP contribution in [0.15, 0.2) is 22.7 Å². The van der Waals surface area contributed by atoms with Crippen molar-refractivity contribution in [2.24, 2.45) is 0 Å². The Bertz CT molecular complexity index is 517. The highest BCUT2D eigenvalue weighted by Crippen LogP contribution is 2.22. The molecule has 1 aromatic heterocycles. The van der Waals surface area contributed by atoms with Crippen LogP contribution in [-0.2, 0) is 0 Å². The first-order chi connectivity index (χ1) is 6.72. The van der Waals surface area contributed by atoms with Gasteiger partial charge in [0.05, 0.1) is 16.4 Å². The number of nitro groups is 1. The number of aldehydes is 1. The smallest absolute Gasteiger partial charge is 0.273 e. The Morgan fingerprint density at radius 2 is 2.29 bits per heavy atom. The van der Waals surface area contributed by atoms with Crippen molar-refractivity contribution in [3.63, 3.8) is 0 Å². The molecule has 1 aromatic carbocycles. The molecule has 0 fully saturated rings. The minimum Gasteiger partial charge on any atom is -0.355 e. The molecule has 1 heterocycles. The number of carbonyl (C=O) groups excluding carboxylic acids is 1. The lowest BCUT2D eigenvalue weighted by Gasteiger charge is -1.89. The van der Waals surface area contributed by atoms with Crippen LogP contribution in [0, 0.1) is 10.1 Å². The number of hydrogen-bond donors (Lipinski definition) is 0. The summed E-state index contributed by atoms with van der Waals surface area (Å²) in [5, 5.41) is 14.3. The molecule has 2 aromatic rings. The molecule has 0 radical (unpaired) electrons. The van der Waals surface area contributed by atoms with Gasteiger partial charge in [0.2, 0.25) is 0 Å². The average Bonchev–Trinajstić information content (AvgIpc) is 2.59. The zero-order chi connectivity index (χ0) is 10.1. The van der Waals surface area contributed by atoms with Crippen molar-refractivity contribution >= 4 is 22.9 Å². The van der Waals surface area contributed by atoms with E-state index >= 15 is 0 Å². The highest BCUT2D eigenvalue weighted by molar-refractivity contribution is 5.94. The fourth-order valence-corrected chi connectivity index (χ4v) is 1.14. The van der Waals surface area contributed by atoms with E-state index in [0.717, 1.165) is 0 Å². The molecule has 6 nitrogen and oxygen atoms in total. The van der Waals surface area contributed by atoms with Crippen LogP contribution < -0.4 is 0 Å². The summed E-state index contributed by atoms with van der Waals surface area (Å²) in [5.74, 6) is 0. The topological polar surface area (TPSA) is 86.2 Å². The van der Waals surface area contributed by atoms with E-state index in [9.17, 15) is 14.9 Å². The maximum atomic E-state index is 10.4. The van der Waals surface area contributed by atoms with E-state index < -0.39 is 4.92 Å². The number of rotatable bonds is 2. The van der Waals surface area contributed by atoms with E-state index in [1.807, 2.05) is 0 Å². The number of nitrogens with zero attached hydrogens (tertiary/aromatic N) is 2. The molecule has 0 aliphatic heterocycles. The minimum atomic E-state index is -0.539. The summed E-state index contributed by atoms with van der Waals surface area (Å²) < 4.78 is 4.75. The summed E-state index contributed by atoms with van der Waals surface area (Å²) in [5.41, 5.74) is 0.294. The van der Waals surface area contributed by atoms with Crippen LogP contribution in [0.2, 0.25) is 0 Å². The van der Waals surface area contributed by atoms with Crippen molar-refractivity contribution in [1.82, 2.24) is 5.16 Å². The second kappa shape index (κ2) is 2.91. The molecule has 0 saturated heterocycles. The predicted molar refractivity (Wildman–Crippen MR) is 46.1 cm³/mol. The van der Waals surface area contributed by atoms with Gasteiger partial charge in [0.25, 0.3) is 5.69 Å². The molecule has 0 bridgehead atoms. The normalized spacial score (nSPS) is 10.3. The number of nitro benzene ring substituents is 1. The van der Waals surface area contributed by atoms with Crippen molar-refractivity contribution < 1.29 is 14.2 Å². The van der Waals surface area contributed by atoms with E-state index in [4.69, 9.17) is 4.52 Å². The number of fused-ring (bicyclic) bond motifs is 1. The van der Waals surface area contributed by atoms with Gasteiger partial charge in [-0.05, 0) is 6.07 Å². The van der Waals surface area contributed by atoms with Gasteiger partial charge in [-0.2, -0.15) is 0 Å². The Kier molecular flexibility index (Phi) is 1.74. The maximum absolute atomic E-state index is 10.4. The lowest BCUT2D eigenvalue weighted by molar-refractivity contribution is -0.384. The largest absolute Gasteiger partial charge is 0.355 e. The van der Waals surface area contributed by atoms with Gasteiger partial charge in [0, 0.05) is 6.07 Å². The first-order valence-electron chi connectivity index (χ1n) is 3.71. The molecule has 0 N–H and O–H groups in total. The van der Waals surface area contributed by atoms with Gasteiger partial charge in [-0.1, -0.05) is 5.16 Å². The van der Waals surface area contributed by atoms with E-state index in [0.29, 0.717) is 11.7 Å². The van der Waals surface area contributed by atoms with E-state index in [1.54, 1.807) is 0 Å². The summed E-state index contributed by atoms with van der Waals surface area (Å²) in [6.07, 6.45) is 0.539. The van der Waals surface area contributed by atoms with Crippen LogP contribution in [0.3, 0.4) is 0 Å². The van der Waals surface area contributed by atoms with Crippen LogP contribution in [0.1, 0.15) is 10.5 Å². The van der Waals surface area contributed by atoms with Crippen LogP contribution in [0.4, 0.5) is 5.69 Å². The molecule has 0 aliphatic carbocycles. The van der Waals surface area contributed by atoms with Gasteiger partial charge >= 0.3 is 0 Å². The van der Waals surface area contributed by atoms with Gasteiger partial charge in [0.15, 0.2) is 17.6 Å². The molecule has 2 rings (SSSR count). The van der Waals surface area contributed by atoms with E-state index in [1.165, 1.54) is 18.2 Å². The SMILES string of the molecule is O=Cc1noc2cc([N+](=O)[O-])ccc12. The van der Waals surface area contributed by atoms with Gasteiger partial charge in [-0.15, -0.1) is 0 Å². The van der Waals surface area contributed by atoms with E-state index in [-0.39, 0.29) is 17.0 Å². The summed E-state index contributed by atoms with van der Waals surface area (Å²) >= 11 is 0. The summed E-state index contributed by atoms with van der Waals surface area (Å²) in [6.45, 7) is 0. The van der Waals surface area contributed by atoms with Gasteiger partial charge < -0.3 is 4.52 Å². The number of aromatic nitrogens is 1. The quantitative estimate of drug-likeness (QED) is 0.409. The van der Waals surface area contributed by atoms with Crippen LogP contribution >= 0.6 is 0 Å². The molecule has 0 aliphatic rings. The third kappa shape index (κ3) is 1.13. The predicted octanol–water partition coefficient (Wildman–Crippen LogP) is 1.55. The molecular weight excluding hydrogens is 188 g/mol. The molecular formula is C8H4N2O4. The second-order valence-electron chi connectivity index (χ2n) is 2.62. The molecule has 0 spiro atoms. The fraction of sp³-hybridized carbons (Fsp3) is 0. The third-order valence-corrected chi connectivity index (χ3v) is 1.81. The Hall–Kier alpha value is -2.24. The second-order valence-corrected chi connectivity index (χ2v) is 2.62. The minimum absolute atomic E-state index is 0.0916. The Labute approximate surface area is 77.3 Å². The average molecular weight is 192 g/mol.